The van der Waals surface area contributed by atoms with Crippen molar-refractivity contribution < 1.29 is 14.3 Å². The first-order valence-electron chi connectivity index (χ1n) is 7.31. The van der Waals surface area contributed by atoms with Crippen LogP contribution in [0.3, 0.4) is 0 Å². The van der Waals surface area contributed by atoms with Crippen molar-refractivity contribution in [1.29, 1.82) is 0 Å². The van der Waals surface area contributed by atoms with Gasteiger partial charge in [0.25, 0.3) is 0 Å². The summed E-state index contributed by atoms with van der Waals surface area (Å²) in [6, 6.07) is 9.42. The van der Waals surface area contributed by atoms with Gasteiger partial charge in [-0.25, -0.2) is 4.79 Å². The number of carbonyl (C=O) groups excluding carboxylic acids is 2. The summed E-state index contributed by atoms with van der Waals surface area (Å²) in [6.45, 7) is 1.84. The van der Waals surface area contributed by atoms with Gasteiger partial charge in [0.1, 0.15) is 12.4 Å². The molecule has 1 saturated carbocycles. The van der Waals surface area contributed by atoms with E-state index in [1.165, 1.54) is 0 Å². The molecule has 0 spiro atoms. The fraction of sp³-hybridized carbons (Fsp3) is 0.412. The molecular weight excluding hydrogens is 266 g/mol. The first kappa shape index (κ1) is 13.9. The lowest BCUT2D eigenvalue weighted by molar-refractivity contribution is -0.122. The number of Topliss-reactive ketones (excluding diaryl/α,β-unsaturated/α-hetero) is 1. The molecule has 1 amide bonds. The molecule has 1 aromatic rings. The van der Waals surface area contributed by atoms with E-state index in [2.05, 4.69) is 17.5 Å². The molecule has 4 nitrogen and oxygen atoms in total. The van der Waals surface area contributed by atoms with Gasteiger partial charge in [-0.05, 0) is 30.7 Å². The fourth-order valence-electron chi connectivity index (χ4n) is 3.47. The number of rotatable bonds is 4. The summed E-state index contributed by atoms with van der Waals surface area (Å²) in [4.78, 5) is 23.7. The lowest BCUT2D eigenvalue weighted by Crippen LogP contribution is -2.45. The average Bonchev–Trinajstić information content (AvgIpc) is 3.07. The Morgan fingerprint density at radius 2 is 1.90 bits per heavy atom. The van der Waals surface area contributed by atoms with E-state index in [4.69, 9.17) is 4.74 Å². The molecule has 1 aromatic carbocycles. The topological polar surface area (TPSA) is 55.4 Å². The number of nitrogens with one attached hydrogen (secondary N) is 1. The Hall–Kier alpha value is -2.10. The summed E-state index contributed by atoms with van der Waals surface area (Å²) in [7, 11) is 0. The molecule has 21 heavy (non-hydrogen) atoms. The number of alkyl carbamates (subject to hydrolysis) is 1. The summed E-state index contributed by atoms with van der Waals surface area (Å²) in [5, 5.41) is 2.88. The van der Waals surface area contributed by atoms with Gasteiger partial charge in [-0.3, -0.25) is 4.79 Å². The van der Waals surface area contributed by atoms with E-state index >= 15 is 0 Å². The molecule has 4 atom stereocenters. The van der Waals surface area contributed by atoms with Crippen molar-refractivity contribution in [3.05, 3.63) is 48.0 Å². The Morgan fingerprint density at radius 1 is 1.19 bits per heavy atom. The SMILES string of the molecule is CC(=O)C1C2C=CC(C2)C1NC(=O)OCc1ccccc1. The second-order valence-corrected chi connectivity index (χ2v) is 5.82. The normalized spacial score (nSPS) is 29.4. The molecule has 2 aliphatic rings. The highest BCUT2D eigenvalue weighted by molar-refractivity contribution is 5.81. The highest BCUT2D eigenvalue weighted by Gasteiger charge is 2.47. The van der Waals surface area contributed by atoms with Crippen LogP contribution >= 0.6 is 0 Å². The van der Waals surface area contributed by atoms with Crippen molar-refractivity contribution in [2.75, 3.05) is 0 Å². The number of fused-ring (bicyclic) bond motifs is 2. The zero-order valence-corrected chi connectivity index (χ0v) is 12.0. The minimum atomic E-state index is -0.448. The van der Waals surface area contributed by atoms with Crippen LogP contribution in [-0.2, 0) is 16.1 Å². The third kappa shape index (κ3) is 2.84. The van der Waals surface area contributed by atoms with Crippen molar-refractivity contribution in [1.82, 2.24) is 5.32 Å². The maximum atomic E-state index is 11.9. The summed E-state index contributed by atoms with van der Waals surface area (Å²) < 4.78 is 5.24. The van der Waals surface area contributed by atoms with Crippen molar-refractivity contribution in [3.63, 3.8) is 0 Å². The van der Waals surface area contributed by atoms with Gasteiger partial charge in [0.05, 0.1) is 0 Å². The van der Waals surface area contributed by atoms with Gasteiger partial charge in [-0.1, -0.05) is 42.5 Å². The first-order chi connectivity index (χ1) is 10.1. The summed E-state index contributed by atoms with van der Waals surface area (Å²) in [5.41, 5.74) is 0.948. The van der Waals surface area contributed by atoms with E-state index in [-0.39, 0.29) is 36.2 Å². The number of allylic oxidation sites excluding steroid dienone is 1. The van der Waals surface area contributed by atoms with Crippen LogP contribution in [0.25, 0.3) is 0 Å². The predicted molar refractivity (Wildman–Crippen MR) is 78.5 cm³/mol. The molecule has 4 heteroatoms. The zero-order valence-electron chi connectivity index (χ0n) is 12.0. The van der Waals surface area contributed by atoms with Gasteiger partial charge in [-0.2, -0.15) is 0 Å². The van der Waals surface area contributed by atoms with Gasteiger partial charge in [-0.15, -0.1) is 0 Å². The van der Waals surface area contributed by atoms with E-state index < -0.39 is 6.09 Å². The second kappa shape index (κ2) is 5.72. The lowest BCUT2D eigenvalue weighted by atomic mass is 9.86. The first-order valence-corrected chi connectivity index (χ1v) is 7.31. The van der Waals surface area contributed by atoms with Crippen molar-refractivity contribution in [2.45, 2.75) is 26.0 Å². The highest BCUT2D eigenvalue weighted by atomic mass is 16.5. The van der Waals surface area contributed by atoms with Crippen LogP contribution in [0.2, 0.25) is 0 Å². The van der Waals surface area contributed by atoms with E-state index in [1.54, 1.807) is 6.92 Å². The number of amides is 1. The van der Waals surface area contributed by atoms with E-state index in [1.807, 2.05) is 30.3 Å². The van der Waals surface area contributed by atoms with Gasteiger partial charge in [0, 0.05) is 12.0 Å². The Bertz CT molecular complexity index is 567. The Balaban J connectivity index is 1.57. The molecule has 2 bridgehead atoms. The fourth-order valence-corrected chi connectivity index (χ4v) is 3.47. The summed E-state index contributed by atoms with van der Waals surface area (Å²) in [6.07, 6.45) is 4.71. The maximum Gasteiger partial charge on any atom is 0.407 e. The Labute approximate surface area is 124 Å². The minimum absolute atomic E-state index is 0.107. The van der Waals surface area contributed by atoms with Gasteiger partial charge in [0.15, 0.2) is 0 Å². The smallest absolute Gasteiger partial charge is 0.407 e. The average molecular weight is 285 g/mol. The Morgan fingerprint density at radius 3 is 2.62 bits per heavy atom. The largest absolute Gasteiger partial charge is 0.445 e. The zero-order chi connectivity index (χ0) is 14.8. The van der Waals surface area contributed by atoms with E-state index in [0.29, 0.717) is 0 Å². The minimum Gasteiger partial charge on any atom is -0.445 e. The molecular formula is C17H19NO3. The van der Waals surface area contributed by atoms with Crippen LogP contribution in [0.1, 0.15) is 18.9 Å². The molecule has 1 fully saturated rings. The van der Waals surface area contributed by atoms with Crippen molar-refractivity contribution in [3.8, 4) is 0 Å². The molecule has 110 valence electrons. The summed E-state index contributed by atoms with van der Waals surface area (Å²) in [5.74, 6) is 0.560. The molecule has 0 aromatic heterocycles. The van der Waals surface area contributed by atoms with Gasteiger partial charge in [0.2, 0.25) is 0 Å². The number of ether oxygens (including phenoxy) is 1. The number of hydrogen-bond donors (Lipinski definition) is 1. The molecule has 0 saturated heterocycles. The lowest BCUT2D eigenvalue weighted by Gasteiger charge is -2.26. The summed E-state index contributed by atoms with van der Waals surface area (Å²) >= 11 is 0. The molecule has 3 rings (SSSR count). The standard InChI is InChI=1S/C17H19NO3/c1-11(19)15-13-7-8-14(9-13)16(15)18-17(20)21-10-12-5-3-2-4-6-12/h2-8,13-16H,9-10H2,1H3,(H,18,20). The van der Waals surface area contributed by atoms with Crippen molar-refractivity contribution in [2.24, 2.45) is 17.8 Å². The van der Waals surface area contributed by atoms with Gasteiger partial charge >= 0.3 is 6.09 Å². The molecule has 1 N–H and O–H groups in total. The van der Waals surface area contributed by atoms with Crippen LogP contribution in [0.5, 0.6) is 0 Å². The molecule has 0 radical (unpaired) electrons. The maximum absolute atomic E-state index is 11.9. The van der Waals surface area contributed by atoms with Crippen LogP contribution in [0, 0.1) is 17.8 Å². The van der Waals surface area contributed by atoms with E-state index in [0.717, 1.165) is 12.0 Å². The third-order valence-corrected chi connectivity index (χ3v) is 4.43. The number of hydrogen-bond acceptors (Lipinski definition) is 3. The molecule has 2 aliphatic carbocycles. The van der Waals surface area contributed by atoms with Crippen LogP contribution in [0.4, 0.5) is 4.79 Å². The van der Waals surface area contributed by atoms with Crippen LogP contribution in [0.15, 0.2) is 42.5 Å². The monoisotopic (exact) mass is 285 g/mol. The number of benzene rings is 1. The highest BCUT2D eigenvalue weighted by Crippen LogP contribution is 2.44. The second-order valence-electron chi connectivity index (χ2n) is 5.82. The number of carbonyl (C=O) groups is 2. The molecule has 0 aliphatic heterocycles. The molecule has 0 heterocycles. The quantitative estimate of drug-likeness (QED) is 0.865. The van der Waals surface area contributed by atoms with Gasteiger partial charge < -0.3 is 10.1 Å². The third-order valence-electron chi connectivity index (χ3n) is 4.43. The van der Waals surface area contributed by atoms with Crippen LogP contribution < -0.4 is 5.32 Å². The van der Waals surface area contributed by atoms with E-state index in [9.17, 15) is 9.59 Å². The number of ketones is 1. The van der Waals surface area contributed by atoms with Crippen molar-refractivity contribution >= 4 is 11.9 Å². The molecule has 4 unspecified atom stereocenters. The Kier molecular flexibility index (Phi) is 3.78. The predicted octanol–water partition coefficient (Wildman–Crippen LogP) is 2.69. The van der Waals surface area contributed by atoms with Crippen LogP contribution in [-0.4, -0.2) is 17.9 Å².